The Hall–Kier alpha value is -1.14. The van der Waals surface area contributed by atoms with Gasteiger partial charge in [0.15, 0.2) is 0 Å². The van der Waals surface area contributed by atoms with Crippen LogP contribution in [-0.4, -0.2) is 30.0 Å². The van der Waals surface area contributed by atoms with Crippen LogP contribution >= 0.6 is 11.6 Å². The zero-order valence-electron chi connectivity index (χ0n) is 10.6. The van der Waals surface area contributed by atoms with Gasteiger partial charge in [-0.15, -0.1) is 11.6 Å². The molecule has 1 unspecified atom stereocenters. The minimum Gasteiger partial charge on any atom is -0.326 e. The standard InChI is InChI=1S/C12H14ClFN2O2S/c1-8(13)12-15-10-4-3-9(14)7-11(10)16(12)5-6-19(2,17)18/h3-4,7-8H,5-6H2,1-2H3. The third-order valence-electron chi connectivity index (χ3n) is 2.78. The highest BCUT2D eigenvalue weighted by atomic mass is 35.5. The summed E-state index contributed by atoms with van der Waals surface area (Å²) in [6.07, 6.45) is 1.16. The molecule has 0 radical (unpaired) electrons. The van der Waals surface area contributed by atoms with E-state index in [0.29, 0.717) is 16.9 Å². The topological polar surface area (TPSA) is 52.0 Å². The van der Waals surface area contributed by atoms with Crippen molar-refractivity contribution in [1.82, 2.24) is 9.55 Å². The molecule has 0 aliphatic carbocycles. The van der Waals surface area contributed by atoms with Gasteiger partial charge in [-0.25, -0.2) is 17.8 Å². The third-order valence-corrected chi connectivity index (χ3v) is 3.90. The predicted octanol–water partition coefficient (Wildman–Crippen LogP) is 2.52. The van der Waals surface area contributed by atoms with E-state index in [4.69, 9.17) is 11.6 Å². The molecular weight excluding hydrogens is 291 g/mol. The molecule has 1 aromatic carbocycles. The minimum atomic E-state index is -3.11. The van der Waals surface area contributed by atoms with Gasteiger partial charge in [-0.2, -0.15) is 0 Å². The molecule has 7 heteroatoms. The van der Waals surface area contributed by atoms with Crippen LogP contribution in [0.5, 0.6) is 0 Å². The molecule has 0 aliphatic rings. The van der Waals surface area contributed by atoms with Crippen molar-refractivity contribution in [1.29, 1.82) is 0 Å². The Labute approximate surface area is 116 Å². The van der Waals surface area contributed by atoms with Crippen LogP contribution in [0.1, 0.15) is 18.1 Å². The van der Waals surface area contributed by atoms with Crippen LogP contribution in [0.4, 0.5) is 4.39 Å². The van der Waals surface area contributed by atoms with Crippen LogP contribution in [0.2, 0.25) is 0 Å². The van der Waals surface area contributed by atoms with E-state index in [0.717, 1.165) is 6.26 Å². The number of nitrogens with zero attached hydrogens (tertiary/aromatic N) is 2. The van der Waals surface area contributed by atoms with Crippen molar-refractivity contribution >= 4 is 32.5 Å². The first-order valence-corrected chi connectivity index (χ1v) is 8.25. The number of aromatic nitrogens is 2. The van der Waals surface area contributed by atoms with E-state index in [1.165, 1.54) is 12.1 Å². The minimum absolute atomic E-state index is 0.0361. The molecule has 0 spiro atoms. The number of hydrogen-bond acceptors (Lipinski definition) is 3. The molecule has 0 aliphatic heterocycles. The summed E-state index contributed by atoms with van der Waals surface area (Å²) in [4.78, 5) is 4.32. The summed E-state index contributed by atoms with van der Waals surface area (Å²) < 4.78 is 37.5. The summed E-state index contributed by atoms with van der Waals surface area (Å²) in [5.74, 6) is 0.124. The molecule has 19 heavy (non-hydrogen) atoms. The van der Waals surface area contributed by atoms with E-state index in [1.54, 1.807) is 17.6 Å². The van der Waals surface area contributed by atoms with Crippen LogP contribution in [0, 0.1) is 5.82 Å². The Balaban J connectivity index is 2.54. The van der Waals surface area contributed by atoms with Crippen LogP contribution < -0.4 is 0 Å². The van der Waals surface area contributed by atoms with Crippen molar-refractivity contribution in [2.75, 3.05) is 12.0 Å². The summed E-state index contributed by atoms with van der Waals surface area (Å²) in [5, 5.41) is -0.380. The van der Waals surface area contributed by atoms with Crippen molar-refractivity contribution in [3.05, 3.63) is 29.8 Å². The number of aryl methyl sites for hydroxylation is 1. The monoisotopic (exact) mass is 304 g/mol. The Morgan fingerprint density at radius 1 is 1.47 bits per heavy atom. The fourth-order valence-electron chi connectivity index (χ4n) is 1.91. The van der Waals surface area contributed by atoms with Gasteiger partial charge in [0.25, 0.3) is 0 Å². The molecule has 0 fully saturated rings. The van der Waals surface area contributed by atoms with Crippen molar-refractivity contribution < 1.29 is 12.8 Å². The quantitative estimate of drug-likeness (QED) is 0.816. The summed E-state index contributed by atoms with van der Waals surface area (Å²) in [6, 6.07) is 4.22. The average molecular weight is 305 g/mol. The van der Waals surface area contributed by atoms with Crippen molar-refractivity contribution in [3.63, 3.8) is 0 Å². The zero-order chi connectivity index (χ0) is 14.2. The normalized spacial score (nSPS) is 13.9. The van der Waals surface area contributed by atoms with E-state index in [2.05, 4.69) is 4.98 Å². The molecule has 2 rings (SSSR count). The van der Waals surface area contributed by atoms with Gasteiger partial charge < -0.3 is 4.57 Å². The number of sulfone groups is 1. The van der Waals surface area contributed by atoms with Crippen LogP contribution in [0.15, 0.2) is 18.2 Å². The van der Waals surface area contributed by atoms with Gasteiger partial charge in [-0.3, -0.25) is 0 Å². The first-order valence-electron chi connectivity index (χ1n) is 5.75. The number of hydrogen-bond donors (Lipinski definition) is 0. The summed E-state index contributed by atoms with van der Waals surface area (Å²) in [5.41, 5.74) is 1.17. The molecule has 4 nitrogen and oxygen atoms in total. The number of halogens is 2. The molecule has 2 aromatic rings. The Kier molecular flexibility index (Phi) is 3.82. The first kappa shape index (κ1) is 14.3. The second kappa shape index (κ2) is 5.09. The molecular formula is C12H14ClFN2O2S. The zero-order valence-corrected chi connectivity index (χ0v) is 12.2. The highest BCUT2D eigenvalue weighted by Crippen LogP contribution is 2.25. The van der Waals surface area contributed by atoms with E-state index >= 15 is 0 Å². The molecule has 1 atom stereocenters. The molecule has 0 bridgehead atoms. The molecule has 0 N–H and O–H groups in total. The van der Waals surface area contributed by atoms with E-state index in [-0.39, 0.29) is 23.5 Å². The average Bonchev–Trinajstić information content (AvgIpc) is 2.63. The number of benzene rings is 1. The Morgan fingerprint density at radius 3 is 2.74 bits per heavy atom. The molecule has 0 saturated heterocycles. The fourth-order valence-corrected chi connectivity index (χ4v) is 2.59. The largest absolute Gasteiger partial charge is 0.326 e. The van der Waals surface area contributed by atoms with Gasteiger partial charge in [0.2, 0.25) is 0 Å². The second-order valence-corrected chi connectivity index (χ2v) is 7.41. The van der Waals surface area contributed by atoms with Gasteiger partial charge in [-0.1, -0.05) is 0 Å². The van der Waals surface area contributed by atoms with Crippen LogP contribution in [0.3, 0.4) is 0 Å². The Bertz CT molecular complexity index is 710. The van der Waals surface area contributed by atoms with Crippen LogP contribution in [-0.2, 0) is 16.4 Å². The molecule has 0 amide bonds. The predicted molar refractivity (Wildman–Crippen MR) is 73.7 cm³/mol. The lowest BCUT2D eigenvalue weighted by molar-refractivity contribution is 0.593. The number of imidazole rings is 1. The maximum atomic E-state index is 13.3. The van der Waals surface area contributed by atoms with E-state index in [1.807, 2.05) is 0 Å². The fraction of sp³-hybridized carbons (Fsp3) is 0.417. The molecule has 1 heterocycles. The van der Waals surface area contributed by atoms with Gasteiger partial charge in [0.1, 0.15) is 21.5 Å². The molecule has 0 saturated carbocycles. The van der Waals surface area contributed by atoms with E-state index in [9.17, 15) is 12.8 Å². The van der Waals surface area contributed by atoms with E-state index < -0.39 is 9.84 Å². The summed E-state index contributed by atoms with van der Waals surface area (Å²) >= 11 is 6.04. The number of rotatable bonds is 4. The van der Waals surface area contributed by atoms with Gasteiger partial charge in [-0.05, 0) is 25.1 Å². The highest BCUT2D eigenvalue weighted by molar-refractivity contribution is 7.90. The maximum Gasteiger partial charge on any atom is 0.149 e. The Morgan fingerprint density at radius 2 is 2.16 bits per heavy atom. The lowest BCUT2D eigenvalue weighted by atomic mass is 10.3. The molecule has 104 valence electrons. The van der Waals surface area contributed by atoms with Gasteiger partial charge in [0, 0.05) is 12.8 Å². The number of fused-ring (bicyclic) bond motifs is 1. The van der Waals surface area contributed by atoms with Crippen molar-refractivity contribution in [3.8, 4) is 0 Å². The van der Waals surface area contributed by atoms with Gasteiger partial charge in [0.05, 0.1) is 22.2 Å². The first-order chi connectivity index (χ1) is 8.78. The molecule has 1 aromatic heterocycles. The summed E-state index contributed by atoms with van der Waals surface area (Å²) in [7, 11) is -3.11. The maximum absolute atomic E-state index is 13.3. The SMILES string of the molecule is CC(Cl)c1nc2ccc(F)cc2n1CCS(C)(=O)=O. The lowest BCUT2D eigenvalue weighted by Gasteiger charge is -2.09. The lowest BCUT2D eigenvalue weighted by Crippen LogP contribution is -2.13. The number of alkyl halides is 1. The smallest absolute Gasteiger partial charge is 0.149 e. The highest BCUT2D eigenvalue weighted by Gasteiger charge is 2.16. The third kappa shape index (κ3) is 3.25. The van der Waals surface area contributed by atoms with Crippen molar-refractivity contribution in [2.24, 2.45) is 0 Å². The second-order valence-electron chi connectivity index (χ2n) is 4.50. The summed E-state index contributed by atoms with van der Waals surface area (Å²) in [6.45, 7) is 1.96. The van der Waals surface area contributed by atoms with Crippen LogP contribution in [0.25, 0.3) is 11.0 Å². The van der Waals surface area contributed by atoms with Crippen molar-refractivity contribution in [2.45, 2.75) is 18.8 Å². The van der Waals surface area contributed by atoms with Gasteiger partial charge >= 0.3 is 0 Å².